The van der Waals surface area contributed by atoms with Crippen LogP contribution in [0.5, 0.6) is 0 Å². The minimum atomic E-state index is -4.81. The maximum Gasteiger partial charge on any atom is 0.419 e. The third kappa shape index (κ3) is 9.26. The Hall–Kier alpha value is -4.56. The van der Waals surface area contributed by atoms with Crippen molar-refractivity contribution in [1.29, 1.82) is 0 Å². The Balaban J connectivity index is 1.22. The first kappa shape index (κ1) is 38.7. The highest BCUT2D eigenvalue weighted by Crippen LogP contribution is 2.43. The number of nitrogens with one attached hydrogen (secondary N) is 3. The molecule has 2 heterocycles. The molecule has 2 atom stereocenters. The van der Waals surface area contributed by atoms with Gasteiger partial charge < -0.3 is 34.6 Å². The van der Waals surface area contributed by atoms with Gasteiger partial charge in [-0.3, -0.25) is 0 Å². The highest BCUT2D eigenvalue weighted by Gasteiger charge is 2.37. The molecule has 3 N–H and O–H groups in total. The molecular weight excluding hydrogens is 710 g/mol. The van der Waals surface area contributed by atoms with Crippen LogP contribution >= 0.6 is 7.14 Å². The summed E-state index contributed by atoms with van der Waals surface area (Å²) in [6.07, 6.45) is -2.50. The number of hydrogen-bond donors (Lipinski definition) is 3. The van der Waals surface area contributed by atoms with Crippen molar-refractivity contribution in [3.63, 3.8) is 0 Å². The van der Waals surface area contributed by atoms with Crippen molar-refractivity contribution in [1.82, 2.24) is 25.2 Å². The highest BCUT2D eigenvalue weighted by atomic mass is 31.2. The van der Waals surface area contributed by atoms with E-state index < -0.39 is 55.5 Å². The van der Waals surface area contributed by atoms with Gasteiger partial charge in [-0.25, -0.2) is 28.3 Å². The summed E-state index contributed by atoms with van der Waals surface area (Å²) >= 11 is 0. The van der Waals surface area contributed by atoms with Gasteiger partial charge in [0.05, 0.1) is 30.4 Å². The molecule has 0 radical (unpaired) electrons. The standard InChI is InChI=1S/C35H40F5N6O5P/c1-46(33(48)51-19-21-8-6-5-7-9-21)20-34(36,37)14-15-41-22-10-11-23(16-22)44-32-43-18-27(35(38,39)40)28(45-32)26-17-42-29-24(26)12-13-25(31(47)50-2)30(29)52(3,4)49/h5-9,12-13,17-18,22-23,41-42H,10-11,14-16,19-20H2,1-4H3,(H,43,44,45)/t22-,23-/m0/s1. The van der Waals surface area contributed by atoms with Gasteiger partial charge in [0.25, 0.3) is 5.92 Å². The van der Waals surface area contributed by atoms with Crippen molar-refractivity contribution >= 4 is 41.4 Å². The van der Waals surface area contributed by atoms with Crippen LogP contribution in [0.15, 0.2) is 54.9 Å². The molecule has 1 aliphatic rings. The van der Waals surface area contributed by atoms with Crippen molar-refractivity contribution < 1.29 is 45.6 Å². The third-order valence-electron chi connectivity index (χ3n) is 8.80. The number of esters is 1. The monoisotopic (exact) mass is 750 g/mol. The van der Waals surface area contributed by atoms with Crippen molar-refractivity contribution in [2.45, 2.75) is 56.5 Å². The molecule has 1 fully saturated rings. The smallest absolute Gasteiger partial charge is 0.419 e. The number of rotatable bonds is 13. The lowest BCUT2D eigenvalue weighted by molar-refractivity contribution is -0.137. The number of aromatic amines is 1. The molecule has 2 aromatic heterocycles. The first-order valence-electron chi connectivity index (χ1n) is 16.5. The van der Waals surface area contributed by atoms with Gasteiger partial charge in [-0.1, -0.05) is 36.4 Å². The Morgan fingerprint density at radius 3 is 2.44 bits per heavy atom. The van der Waals surface area contributed by atoms with Crippen LogP contribution < -0.4 is 15.9 Å². The van der Waals surface area contributed by atoms with Crippen LogP contribution in [0.4, 0.5) is 32.7 Å². The second-order valence-corrected chi connectivity index (χ2v) is 16.3. The lowest BCUT2D eigenvalue weighted by Crippen LogP contribution is -2.41. The molecule has 280 valence electrons. The van der Waals surface area contributed by atoms with E-state index in [9.17, 15) is 36.1 Å². The molecule has 1 saturated carbocycles. The average molecular weight is 751 g/mol. The zero-order chi connectivity index (χ0) is 37.8. The fraction of sp³-hybridized carbons (Fsp3) is 0.429. The van der Waals surface area contributed by atoms with Crippen LogP contribution in [0.1, 0.15) is 47.2 Å². The summed E-state index contributed by atoms with van der Waals surface area (Å²) < 4.78 is 95.3. The molecule has 0 aliphatic heterocycles. The Bertz CT molecular complexity index is 1950. The van der Waals surface area contributed by atoms with E-state index in [1.165, 1.54) is 45.8 Å². The maximum atomic E-state index is 14.7. The molecule has 1 aliphatic carbocycles. The van der Waals surface area contributed by atoms with E-state index in [-0.39, 0.29) is 58.5 Å². The Labute approximate surface area is 297 Å². The molecule has 1 amide bonds. The molecular formula is C35H40F5N6O5P. The second-order valence-electron chi connectivity index (χ2n) is 13.2. The van der Waals surface area contributed by atoms with Gasteiger partial charge in [0, 0.05) is 60.7 Å². The summed E-state index contributed by atoms with van der Waals surface area (Å²) in [4.78, 5) is 36.6. The van der Waals surface area contributed by atoms with E-state index in [1.807, 2.05) is 6.07 Å². The van der Waals surface area contributed by atoms with Gasteiger partial charge in [-0.05, 0) is 44.2 Å². The fourth-order valence-electron chi connectivity index (χ4n) is 6.34. The van der Waals surface area contributed by atoms with Crippen molar-refractivity contribution in [3.05, 3.63) is 71.5 Å². The molecule has 4 aromatic rings. The lowest BCUT2D eigenvalue weighted by Gasteiger charge is -2.24. The highest BCUT2D eigenvalue weighted by molar-refractivity contribution is 7.70. The summed E-state index contributed by atoms with van der Waals surface area (Å²) in [5.41, 5.74) is -0.424. The molecule has 17 heteroatoms. The second kappa shape index (κ2) is 15.6. The molecule has 0 saturated heterocycles. The number of methoxy groups -OCH3 is 1. The number of amides is 1. The number of ether oxygens (including phenoxy) is 2. The number of hydrogen-bond acceptors (Lipinski definition) is 9. The molecule has 52 heavy (non-hydrogen) atoms. The molecule has 11 nitrogen and oxygen atoms in total. The maximum absolute atomic E-state index is 14.7. The largest absolute Gasteiger partial charge is 0.465 e. The predicted octanol–water partition coefficient (Wildman–Crippen LogP) is 6.89. The normalized spacial score (nSPS) is 16.6. The molecule has 0 spiro atoms. The summed E-state index contributed by atoms with van der Waals surface area (Å²) in [7, 11) is -0.708. The van der Waals surface area contributed by atoms with Crippen molar-refractivity contribution in [3.8, 4) is 11.3 Å². The predicted molar refractivity (Wildman–Crippen MR) is 187 cm³/mol. The number of carbonyl (C=O) groups excluding carboxylic acids is 2. The summed E-state index contributed by atoms with van der Waals surface area (Å²) in [5.74, 6) is -3.97. The number of fused-ring (bicyclic) bond motifs is 1. The van der Waals surface area contributed by atoms with Crippen molar-refractivity contribution in [2.75, 3.05) is 45.9 Å². The number of carbonyl (C=O) groups is 2. The van der Waals surface area contributed by atoms with Gasteiger partial charge in [-0.2, -0.15) is 13.2 Å². The van der Waals surface area contributed by atoms with Crippen LogP contribution in [0, 0.1) is 0 Å². The number of nitrogens with zero attached hydrogens (tertiary/aromatic N) is 3. The van der Waals surface area contributed by atoms with Gasteiger partial charge in [0.2, 0.25) is 5.95 Å². The Morgan fingerprint density at radius 2 is 1.77 bits per heavy atom. The van der Waals surface area contributed by atoms with E-state index in [0.29, 0.717) is 25.5 Å². The zero-order valence-electron chi connectivity index (χ0n) is 29.0. The summed E-state index contributed by atoms with van der Waals surface area (Å²) in [5, 5.41) is 6.63. The van der Waals surface area contributed by atoms with E-state index >= 15 is 0 Å². The van der Waals surface area contributed by atoms with Gasteiger partial charge in [0.1, 0.15) is 19.3 Å². The number of anilines is 1. The van der Waals surface area contributed by atoms with Crippen LogP contribution in [-0.4, -0.2) is 90.5 Å². The fourth-order valence-corrected chi connectivity index (χ4v) is 7.81. The number of H-pyrrole nitrogens is 1. The zero-order valence-corrected chi connectivity index (χ0v) is 29.9. The molecule has 0 unspecified atom stereocenters. The average Bonchev–Trinajstić information content (AvgIpc) is 3.72. The minimum absolute atomic E-state index is 0.0269. The topological polar surface area (TPSA) is 139 Å². The first-order chi connectivity index (χ1) is 24.5. The first-order valence-corrected chi connectivity index (χ1v) is 19.1. The van der Waals surface area contributed by atoms with Crippen LogP contribution in [0.3, 0.4) is 0 Å². The number of benzene rings is 2. The van der Waals surface area contributed by atoms with Gasteiger partial charge in [-0.15, -0.1) is 0 Å². The summed E-state index contributed by atoms with van der Waals surface area (Å²) in [6.45, 7) is 2.02. The number of halogens is 5. The number of alkyl halides is 5. The van der Waals surface area contributed by atoms with Gasteiger partial charge >= 0.3 is 18.2 Å². The van der Waals surface area contributed by atoms with E-state index in [1.54, 1.807) is 24.3 Å². The Kier molecular flexibility index (Phi) is 11.6. The molecule has 5 rings (SSSR count). The third-order valence-corrected chi connectivity index (χ3v) is 10.3. The van der Waals surface area contributed by atoms with Crippen molar-refractivity contribution in [2.24, 2.45) is 0 Å². The van der Waals surface area contributed by atoms with Crippen LogP contribution in [-0.2, 0) is 26.8 Å². The summed E-state index contributed by atoms with van der Waals surface area (Å²) in [6, 6.07) is 11.3. The number of aromatic nitrogens is 3. The minimum Gasteiger partial charge on any atom is -0.465 e. The van der Waals surface area contributed by atoms with Gasteiger partial charge in [0.15, 0.2) is 0 Å². The SMILES string of the molecule is COC(=O)c1ccc2c(-c3nc(N[C@H]4CC[C@H](NCCC(F)(F)CN(C)C(=O)OCc5ccccc5)C4)ncc3C(F)(F)F)c[nH]c2c1P(C)(C)=O. The van der Waals surface area contributed by atoms with Crippen LogP contribution in [0.2, 0.25) is 0 Å². The van der Waals surface area contributed by atoms with E-state index in [4.69, 9.17) is 9.47 Å². The van der Waals surface area contributed by atoms with E-state index in [0.717, 1.165) is 10.5 Å². The molecule has 2 aromatic carbocycles. The quantitative estimate of drug-likeness (QED) is 0.0758. The Morgan fingerprint density at radius 1 is 1.06 bits per heavy atom. The molecule has 0 bridgehead atoms. The van der Waals surface area contributed by atoms with Crippen LogP contribution in [0.25, 0.3) is 22.2 Å². The lowest BCUT2D eigenvalue weighted by atomic mass is 10.0. The van der Waals surface area contributed by atoms with E-state index in [2.05, 4.69) is 25.6 Å².